The molecule has 7 nitrogen and oxygen atoms in total. The fourth-order valence-electron chi connectivity index (χ4n) is 4.20. The van der Waals surface area contributed by atoms with E-state index in [0.29, 0.717) is 51.1 Å². The molecule has 0 fully saturated rings. The number of halogens is 1. The van der Waals surface area contributed by atoms with E-state index < -0.39 is 0 Å². The third kappa shape index (κ3) is 4.12. The quantitative estimate of drug-likeness (QED) is 0.344. The number of nitrogens with one attached hydrogen (secondary N) is 2. The van der Waals surface area contributed by atoms with Crippen LogP contribution in [0.2, 0.25) is 0 Å². The van der Waals surface area contributed by atoms with E-state index in [9.17, 15) is 9.59 Å². The number of benzene rings is 2. The van der Waals surface area contributed by atoms with Crippen molar-refractivity contribution in [1.29, 1.82) is 0 Å². The minimum atomic E-state index is -0.346. The van der Waals surface area contributed by atoms with Crippen molar-refractivity contribution >= 4 is 50.0 Å². The molecule has 0 saturated carbocycles. The summed E-state index contributed by atoms with van der Waals surface area (Å²) in [5, 5.41) is 8.27. The lowest BCUT2D eigenvalue weighted by atomic mass is 9.93. The minimum Gasteiger partial charge on any atom is -0.455 e. The van der Waals surface area contributed by atoms with Crippen LogP contribution in [0, 0.1) is 6.92 Å². The molecule has 0 aliphatic heterocycles. The second kappa shape index (κ2) is 9.23. The van der Waals surface area contributed by atoms with Gasteiger partial charge in [-0.1, -0.05) is 30.3 Å². The van der Waals surface area contributed by atoms with Crippen molar-refractivity contribution in [3.05, 3.63) is 93.5 Å². The Morgan fingerprint density at radius 3 is 2.71 bits per heavy atom. The molecule has 2 aromatic carbocycles. The molecule has 170 valence electrons. The van der Waals surface area contributed by atoms with Gasteiger partial charge in [0.05, 0.1) is 22.5 Å². The number of carbonyl (C=O) groups is 2. The molecule has 2 aromatic heterocycles. The van der Waals surface area contributed by atoms with Gasteiger partial charge in [0.25, 0.3) is 11.8 Å². The minimum absolute atomic E-state index is 0.240. The molecule has 8 heteroatoms. The van der Waals surface area contributed by atoms with Crippen LogP contribution in [-0.4, -0.2) is 22.5 Å². The summed E-state index contributed by atoms with van der Waals surface area (Å²) in [5.41, 5.74) is 6.67. The highest BCUT2D eigenvalue weighted by atomic mass is 79.9. The van der Waals surface area contributed by atoms with Gasteiger partial charge >= 0.3 is 0 Å². The molecule has 0 unspecified atom stereocenters. The SMILES string of the molecule is Cc1c(C(=O)Nc2cccc3cccnc23)oc2c1/C(=N/NC(=O)c1ccccc1Br)CCC2. The first-order valence-corrected chi connectivity index (χ1v) is 11.7. The number of carbonyl (C=O) groups excluding carboxylic acids is 2. The molecule has 2 amide bonds. The number of amides is 2. The highest BCUT2D eigenvalue weighted by Gasteiger charge is 2.28. The molecule has 0 atom stereocenters. The number of hydrogen-bond acceptors (Lipinski definition) is 5. The van der Waals surface area contributed by atoms with Gasteiger partial charge in [-0.15, -0.1) is 0 Å². The zero-order valence-electron chi connectivity index (χ0n) is 18.4. The van der Waals surface area contributed by atoms with Crippen molar-refractivity contribution in [3.63, 3.8) is 0 Å². The van der Waals surface area contributed by atoms with Gasteiger partial charge in [0.1, 0.15) is 5.76 Å². The summed E-state index contributed by atoms with van der Waals surface area (Å²) in [6, 6.07) is 16.6. The average Bonchev–Trinajstić information content (AvgIpc) is 3.20. The Bertz CT molecular complexity index is 1450. The van der Waals surface area contributed by atoms with Crippen molar-refractivity contribution in [2.45, 2.75) is 26.2 Å². The summed E-state index contributed by atoms with van der Waals surface area (Å²) in [5.74, 6) is 0.292. The molecule has 1 aliphatic carbocycles. The van der Waals surface area contributed by atoms with Gasteiger partial charge in [-0.2, -0.15) is 5.10 Å². The summed E-state index contributed by atoms with van der Waals surface area (Å²) in [6.07, 6.45) is 3.90. The van der Waals surface area contributed by atoms with Gasteiger partial charge < -0.3 is 9.73 Å². The van der Waals surface area contributed by atoms with E-state index in [-0.39, 0.29) is 17.6 Å². The van der Waals surface area contributed by atoms with E-state index in [1.54, 1.807) is 24.4 Å². The second-order valence-corrected chi connectivity index (χ2v) is 8.88. The maximum atomic E-state index is 13.1. The number of hydrazone groups is 1. The molecular weight excluding hydrogens is 496 g/mol. The molecular formula is C26H21BrN4O3. The molecule has 34 heavy (non-hydrogen) atoms. The summed E-state index contributed by atoms with van der Waals surface area (Å²) in [7, 11) is 0. The molecule has 0 radical (unpaired) electrons. The van der Waals surface area contributed by atoms with E-state index >= 15 is 0 Å². The highest BCUT2D eigenvalue weighted by molar-refractivity contribution is 9.10. The molecule has 0 bridgehead atoms. The summed E-state index contributed by atoms with van der Waals surface area (Å²) >= 11 is 3.39. The van der Waals surface area contributed by atoms with Crippen molar-refractivity contribution < 1.29 is 14.0 Å². The van der Waals surface area contributed by atoms with Crippen molar-refractivity contribution in [2.75, 3.05) is 5.32 Å². The summed E-state index contributed by atoms with van der Waals surface area (Å²) in [6.45, 7) is 1.84. The Balaban J connectivity index is 1.42. The van der Waals surface area contributed by atoms with Crippen LogP contribution in [0.5, 0.6) is 0 Å². The smallest absolute Gasteiger partial charge is 0.291 e. The number of furan rings is 1. The van der Waals surface area contributed by atoms with Crippen LogP contribution in [0.1, 0.15) is 50.6 Å². The standard InChI is InChI=1S/C26H21BrN4O3/c1-15-22-19(30-31-25(32)17-9-2-3-10-18(17)27)11-5-13-21(22)34-24(15)26(33)29-20-12-4-7-16-8-6-14-28-23(16)20/h2-4,6-10,12,14H,5,11,13H2,1H3,(H,29,33)(H,31,32)/b30-19+. The third-order valence-electron chi connectivity index (χ3n) is 5.82. The van der Waals surface area contributed by atoms with Crippen LogP contribution in [0.3, 0.4) is 0 Å². The molecule has 2 heterocycles. The van der Waals surface area contributed by atoms with Crippen LogP contribution >= 0.6 is 15.9 Å². The zero-order valence-corrected chi connectivity index (χ0v) is 20.0. The summed E-state index contributed by atoms with van der Waals surface area (Å²) < 4.78 is 6.68. The third-order valence-corrected chi connectivity index (χ3v) is 6.52. The van der Waals surface area contributed by atoms with E-state index in [2.05, 4.69) is 36.8 Å². The Hall–Kier alpha value is -3.78. The largest absolute Gasteiger partial charge is 0.455 e. The lowest BCUT2D eigenvalue weighted by Gasteiger charge is -2.13. The number of hydrogen-bond donors (Lipinski definition) is 2. The average molecular weight is 517 g/mol. The van der Waals surface area contributed by atoms with E-state index in [1.807, 2.05) is 43.3 Å². The normalized spacial score (nSPS) is 14.1. The molecule has 0 spiro atoms. The first-order chi connectivity index (χ1) is 16.5. The first-order valence-electron chi connectivity index (χ1n) is 10.9. The van der Waals surface area contributed by atoms with Gasteiger partial charge in [-0.25, -0.2) is 5.43 Å². The van der Waals surface area contributed by atoms with E-state index in [1.165, 1.54) is 0 Å². The molecule has 1 aliphatic rings. The first kappa shape index (κ1) is 22.0. The fourth-order valence-corrected chi connectivity index (χ4v) is 4.67. The van der Waals surface area contributed by atoms with Gasteiger partial charge in [0, 0.05) is 33.6 Å². The Kier molecular flexibility index (Phi) is 5.98. The molecule has 4 aromatic rings. The van der Waals surface area contributed by atoms with Crippen molar-refractivity contribution in [1.82, 2.24) is 10.4 Å². The fraction of sp³-hybridized carbons (Fsp3) is 0.154. The number of para-hydroxylation sites is 1. The molecule has 5 rings (SSSR count). The maximum Gasteiger partial charge on any atom is 0.291 e. The second-order valence-electron chi connectivity index (χ2n) is 8.02. The monoisotopic (exact) mass is 516 g/mol. The van der Waals surface area contributed by atoms with Crippen LogP contribution in [0.4, 0.5) is 5.69 Å². The highest BCUT2D eigenvalue weighted by Crippen LogP contribution is 2.31. The van der Waals surface area contributed by atoms with Gasteiger partial charge in [-0.05, 0) is 60.0 Å². The predicted molar refractivity (Wildman–Crippen MR) is 134 cm³/mol. The zero-order chi connectivity index (χ0) is 23.7. The number of aromatic nitrogens is 1. The Morgan fingerprint density at radius 2 is 1.85 bits per heavy atom. The number of pyridine rings is 1. The van der Waals surface area contributed by atoms with E-state index in [0.717, 1.165) is 17.4 Å². The molecule has 0 saturated heterocycles. The Morgan fingerprint density at radius 1 is 1.03 bits per heavy atom. The molecule has 2 N–H and O–H groups in total. The number of aryl methyl sites for hydroxylation is 1. The number of fused-ring (bicyclic) bond motifs is 2. The lowest BCUT2D eigenvalue weighted by Crippen LogP contribution is -2.22. The number of rotatable bonds is 4. The van der Waals surface area contributed by atoms with Crippen LogP contribution in [0.15, 0.2) is 74.8 Å². The summed E-state index contributed by atoms with van der Waals surface area (Å²) in [4.78, 5) is 30.1. The van der Waals surface area contributed by atoms with Crippen molar-refractivity contribution in [3.8, 4) is 0 Å². The topological polar surface area (TPSA) is 96.6 Å². The number of anilines is 1. The van der Waals surface area contributed by atoms with Gasteiger partial charge in [0.15, 0.2) is 5.76 Å². The van der Waals surface area contributed by atoms with Crippen molar-refractivity contribution in [2.24, 2.45) is 5.10 Å². The predicted octanol–water partition coefficient (Wildman–Crippen LogP) is 5.62. The Labute approximate surface area is 204 Å². The van der Waals surface area contributed by atoms with Crippen LogP contribution in [0.25, 0.3) is 10.9 Å². The van der Waals surface area contributed by atoms with Crippen LogP contribution < -0.4 is 10.7 Å². The van der Waals surface area contributed by atoms with E-state index in [4.69, 9.17) is 4.42 Å². The van der Waals surface area contributed by atoms with Gasteiger partial charge in [0.2, 0.25) is 0 Å². The maximum absolute atomic E-state index is 13.1. The van der Waals surface area contributed by atoms with Gasteiger partial charge in [-0.3, -0.25) is 14.6 Å². The van der Waals surface area contributed by atoms with Crippen LogP contribution in [-0.2, 0) is 6.42 Å². The lowest BCUT2D eigenvalue weighted by molar-refractivity contribution is 0.0952. The number of nitrogens with zero attached hydrogens (tertiary/aromatic N) is 2.